The van der Waals surface area contributed by atoms with Gasteiger partial charge in [0.15, 0.2) is 0 Å². The average molecular weight is 280 g/mol. The molecule has 1 amide bonds. The molecule has 0 unspecified atom stereocenters. The number of carbonyl (C=O) groups excluding carboxylic acids is 1. The van der Waals surface area contributed by atoms with Crippen LogP contribution in [0.25, 0.3) is 11.0 Å². The van der Waals surface area contributed by atoms with Gasteiger partial charge in [0.25, 0.3) is 5.91 Å². The van der Waals surface area contributed by atoms with Crippen LogP contribution in [0.1, 0.15) is 10.4 Å². The molecule has 1 aromatic heterocycles. The Bertz CT molecular complexity index is 833. The molecule has 6 nitrogen and oxygen atoms in total. The van der Waals surface area contributed by atoms with Crippen LogP contribution >= 0.6 is 0 Å². The third kappa shape index (κ3) is 2.59. The highest BCUT2D eigenvalue weighted by Gasteiger charge is 2.11. The van der Waals surface area contributed by atoms with Gasteiger partial charge in [-0.25, -0.2) is 0 Å². The number of aromatic hydroxyl groups is 1. The summed E-state index contributed by atoms with van der Waals surface area (Å²) in [6, 6.07) is 9.45. The average Bonchev–Trinajstić information content (AvgIpc) is 2.49. The molecular weight excluding hydrogens is 268 g/mol. The molecule has 21 heavy (non-hydrogen) atoms. The number of rotatable bonds is 2. The SMILES string of the molecule is Nc1ccc(O)cc1C(=O)Nc1ccc2nccnc2c1. The van der Waals surface area contributed by atoms with Gasteiger partial charge in [-0.15, -0.1) is 0 Å². The second kappa shape index (κ2) is 5.09. The first-order chi connectivity index (χ1) is 10.1. The molecule has 0 atom stereocenters. The fraction of sp³-hybridized carbons (Fsp3) is 0. The molecule has 0 aliphatic carbocycles. The topological polar surface area (TPSA) is 101 Å². The molecule has 1 heterocycles. The molecule has 3 rings (SSSR count). The van der Waals surface area contributed by atoms with Crippen LogP contribution in [0.4, 0.5) is 11.4 Å². The van der Waals surface area contributed by atoms with Gasteiger partial charge in [-0.3, -0.25) is 14.8 Å². The molecule has 4 N–H and O–H groups in total. The van der Waals surface area contributed by atoms with Crippen LogP contribution in [0.15, 0.2) is 48.8 Å². The lowest BCUT2D eigenvalue weighted by Crippen LogP contribution is -2.13. The molecule has 0 saturated carbocycles. The smallest absolute Gasteiger partial charge is 0.257 e. The number of phenols is 1. The summed E-state index contributed by atoms with van der Waals surface area (Å²) >= 11 is 0. The summed E-state index contributed by atoms with van der Waals surface area (Å²) in [7, 11) is 0. The van der Waals surface area contributed by atoms with E-state index in [0.29, 0.717) is 16.9 Å². The Morgan fingerprint density at radius 1 is 1.05 bits per heavy atom. The first-order valence-corrected chi connectivity index (χ1v) is 6.24. The van der Waals surface area contributed by atoms with Gasteiger partial charge in [0.1, 0.15) is 5.75 Å². The molecule has 0 bridgehead atoms. The molecule has 0 aliphatic rings. The van der Waals surface area contributed by atoms with Gasteiger partial charge in [0.2, 0.25) is 0 Å². The maximum absolute atomic E-state index is 12.2. The van der Waals surface area contributed by atoms with E-state index in [0.717, 1.165) is 5.52 Å². The zero-order valence-corrected chi connectivity index (χ0v) is 10.9. The van der Waals surface area contributed by atoms with Gasteiger partial charge in [-0.1, -0.05) is 0 Å². The summed E-state index contributed by atoms with van der Waals surface area (Å²) in [4.78, 5) is 20.5. The van der Waals surface area contributed by atoms with Crippen molar-refractivity contribution in [3.63, 3.8) is 0 Å². The summed E-state index contributed by atoms with van der Waals surface area (Å²) in [6.07, 6.45) is 3.19. The number of amides is 1. The largest absolute Gasteiger partial charge is 0.508 e. The van der Waals surface area contributed by atoms with Crippen LogP contribution in [0, 0.1) is 0 Å². The zero-order valence-electron chi connectivity index (χ0n) is 10.9. The van der Waals surface area contributed by atoms with Crippen LogP contribution in [0.5, 0.6) is 5.75 Å². The predicted molar refractivity (Wildman–Crippen MR) is 80.0 cm³/mol. The monoisotopic (exact) mass is 280 g/mol. The first kappa shape index (κ1) is 12.9. The van der Waals surface area contributed by atoms with Gasteiger partial charge in [0, 0.05) is 23.8 Å². The van der Waals surface area contributed by atoms with Crippen molar-refractivity contribution in [2.24, 2.45) is 0 Å². The Labute approximate surface area is 120 Å². The van der Waals surface area contributed by atoms with Gasteiger partial charge in [-0.05, 0) is 36.4 Å². The molecule has 0 spiro atoms. The standard InChI is InChI=1S/C15H12N4O2/c16-12-3-2-10(20)8-11(12)15(21)19-9-1-4-13-14(7-9)18-6-5-17-13/h1-8,20H,16H2,(H,19,21). The molecular formula is C15H12N4O2. The fourth-order valence-corrected chi connectivity index (χ4v) is 1.98. The Morgan fingerprint density at radius 3 is 2.62 bits per heavy atom. The number of nitrogens with one attached hydrogen (secondary N) is 1. The number of fused-ring (bicyclic) bond motifs is 1. The lowest BCUT2D eigenvalue weighted by molar-refractivity contribution is 0.102. The number of nitrogens with zero attached hydrogens (tertiary/aromatic N) is 2. The lowest BCUT2D eigenvalue weighted by Gasteiger charge is -2.08. The van der Waals surface area contributed by atoms with Crippen LogP contribution in [-0.4, -0.2) is 21.0 Å². The van der Waals surface area contributed by atoms with Crippen molar-refractivity contribution in [3.05, 3.63) is 54.4 Å². The highest BCUT2D eigenvalue weighted by molar-refractivity contribution is 6.08. The molecule has 0 aliphatic heterocycles. The van der Waals surface area contributed by atoms with Gasteiger partial charge < -0.3 is 16.2 Å². The highest BCUT2D eigenvalue weighted by Crippen LogP contribution is 2.21. The number of hydrogen-bond acceptors (Lipinski definition) is 5. The fourth-order valence-electron chi connectivity index (χ4n) is 1.98. The predicted octanol–water partition coefficient (Wildman–Crippen LogP) is 2.17. The second-order valence-electron chi connectivity index (χ2n) is 4.49. The maximum atomic E-state index is 12.2. The molecule has 6 heteroatoms. The van der Waals surface area contributed by atoms with Crippen molar-refractivity contribution in [2.75, 3.05) is 11.1 Å². The summed E-state index contributed by atoms with van der Waals surface area (Å²) in [5, 5.41) is 12.2. The summed E-state index contributed by atoms with van der Waals surface area (Å²) in [5.41, 5.74) is 8.26. The molecule has 0 fully saturated rings. The van der Waals surface area contributed by atoms with E-state index in [2.05, 4.69) is 15.3 Å². The maximum Gasteiger partial charge on any atom is 0.257 e. The Kier molecular flexibility index (Phi) is 3.12. The Balaban J connectivity index is 1.90. The third-order valence-electron chi connectivity index (χ3n) is 3.01. The molecule has 0 saturated heterocycles. The van der Waals surface area contributed by atoms with Crippen molar-refractivity contribution >= 4 is 28.3 Å². The minimum Gasteiger partial charge on any atom is -0.508 e. The summed E-state index contributed by atoms with van der Waals surface area (Å²) < 4.78 is 0. The number of nitrogen functional groups attached to an aromatic ring is 1. The van der Waals surface area contributed by atoms with E-state index in [1.54, 1.807) is 30.6 Å². The van der Waals surface area contributed by atoms with Crippen LogP contribution in [-0.2, 0) is 0 Å². The molecule has 2 aromatic carbocycles. The molecule has 104 valence electrons. The van der Waals surface area contributed by atoms with Crippen LogP contribution in [0.2, 0.25) is 0 Å². The van der Waals surface area contributed by atoms with E-state index in [9.17, 15) is 9.90 Å². The first-order valence-electron chi connectivity index (χ1n) is 6.24. The number of benzene rings is 2. The van der Waals surface area contributed by atoms with E-state index in [4.69, 9.17) is 5.73 Å². The number of aromatic nitrogens is 2. The Morgan fingerprint density at radius 2 is 1.81 bits per heavy atom. The van der Waals surface area contributed by atoms with Gasteiger partial charge in [0.05, 0.1) is 16.6 Å². The van der Waals surface area contributed by atoms with Crippen molar-refractivity contribution in [3.8, 4) is 5.75 Å². The van der Waals surface area contributed by atoms with Crippen molar-refractivity contribution < 1.29 is 9.90 Å². The highest BCUT2D eigenvalue weighted by atomic mass is 16.3. The zero-order chi connectivity index (χ0) is 14.8. The lowest BCUT2D eigenvalue weighted by atomic mass is 10.1. The van der Waals surface area contributed by atoms with E-state index in [1.807, 2.05) is 0 Å². The minimum atomic E-state index is -0.397. The van der Waals surface area contributed by atoms with Crippen LogP contribution < -0.4 is 11.1 Å². The number of nitrogens with two attached hydrogens (primary N) is 1. The van der Waals surface area contributed by atoms with Crippen molar-refractivity contribution in [1.29, 1.82) is 0 Å². The normalized spacial score (nSPS) is 10.5. The van der Waals surface area contributed by atoms with E-state index in [1.165, 1.54) is 18.2 Å². The third-order valence-corrected chi connectivity index (χ3v) is 3.01. The number of phenolic OH excluding ortho intramolecular Hbond substituents is 1. The van der Waals surface area contributed by atoms with Crippen molar-refractivity contribution in [2.45, 2.75) is 0 Å². The van der Waals surface area contributed by atoms with E-state index < -0.39 is 5.91 Å². The minimum absolute atomic E-state index is 0.0151. The number of hydrogen-bond donors (Lipinski definition) is 3. The van der Waals surface area contributed by atoms with E-state index >= 15 is 0 Å². The van der Waals surface area contributed by atoms with Crippen molar-refractivity contribution in [1.82, 2.24) is 9.97 Å². The number of anilines is 2. The Hall–Kier alpha value is -3.15. The summed E-state index contributed by atoms with van der Waals surface area (Å²) in [6.45, 7) is 0. The quantitative estimate of drug-likeness (QED) is 0.493. The van der Waals surface area contributed by atoms with E-state index in [-0.39, 0.29) is 11.3 Å². The molecule has 0 radical (unpaired) electrons. The summed E-state index contributed by atoms with van der Waals surface area (Å²) in [5.74, 6) is -0.412. The number of carbonyl (C=O) groups is 1. The van der Waals surface area contributed by atoms with Gasteiger partial charge in [-0.2, -0.15) is 0 Å². The van der Waals surface area contributed by atoms with Gasteiger partial charge >= 0.3 is 0 Å². The second-order valence-corrected chi connectivity index (χ2v) is 4.49. The van der Waals surface area contributed by atoms with Crippen LogP contribution in [0.3, 0.4) is 0 Å². The molecule has 3 aromatic rings.